The predicted molar refractivity (Wildman–Crippen MR) is 62.8 cm³/mol. The quantitative estimate of drug-likeness (QED) is 0.580. The Morgan fingerprint density at radius 2 is 1.88 bits per heavy atom. The molecule has 2 nitrogen and oxygen atoms in total. The van der Waals surface area contributed by atoms with Crippen LogP contribution >= 0.6 is 0 Å². The van der Waals surface area contributed by atoms with Crippen molar-refractivity contribution in [3.05, 3.63) is 29.8 Å². The summed E-state index contributed by atoms with van der Waals surface area (Å²) in [6.07, 6.45) is -1.43. The molecule has 1 atom stereocenters. The number of anilines is 1. The number of halogens is 2. The van der Waals surface area contributed by atoms with Crippen LogP contribution in [0.15, 0.2) is 24.3 Å². The zero-order chi connectivity index (χ0) is 12.0. The van der Waals surface area contributed by atoms with Crippen molar-refractivity contribution in [3.8, 4) is 0 Å². The van der Waals surface area contributed by atoms with Gasteiger partial charge in [0.1, 0.15) is 0 Å². The van der Waals surface area contributed by atoms with Crippen molar-refractivity contribution in [1.82, 2.24) is 5.32 Å². The minimum absolute atomic E-state index is 0.228. The van der Waals surface area contributed by atoms with Crippen LogP contribution in [0.25, 0.3) is 0 Å². The Morgan fingerprint density at radius 1 is 1.25 bits per heavy atom. The number of nitrogens with one attached hydrogen (secondary N) is 1. The number of nitrogens with two attached hydrogens (primary N) is 1. The van der Waals surface area contributed by atoms with E-state index >= 15 is 0 Å². The fourth-order valence-corrected chi connectivity index (χ4v) is 1.52. The van der Waals surface area contributed by atoms with Crippen LogP contribution in [0.1, 0.15) is 24.8 Å². The van der Waals surface area contributed by atoms with Crippen molar-refractivity contribution in [1.29, 1.82) is 0 Å². The summed E-state index contributed by atoms with van der Waals surface area (Å²) < 4.78 is 23.7. The third kappa shape index (κ3) is 4.57. The monoisotopic (exact) mass is 228 g/mol. The molecule has 0 spiro atoms. The summed E-state index contributed by atoms with van der Waals surface area (Å²) >= 11 is 0. The molecule has 0 amide bonds. The first kappa shape index (κ1) is 12.9. The maximum absolute atomic E-state index is 11.9. The van der Waals surface area contributed by atoms with Crippen LogP contribution in [0.2, 0.25) is 0 Å². The molecule has 0 bridgehead atoms. The van der Waals surface area contributed by atoms with Gasteiger partial charge >= 0.3 is 0 Å². The number of alkyl halides is 2. The number of nitrogen functional groups attached to an aromatic ring is 1. The summed E-state index contributed by atoms with van der Waals surface area (Å²) in [5.74, 6) is 0.353. The largest absolute Gasteiger partial charge is 0.399 e. The minimum Gasteiger partial charge on any atom is -0.399 e. The summed E-state index contributed by atoms with van der Waals surface area (Å²) in [6.45, 7) is 2.46. The average molecular weight is 228 g/mol. The molecule has 0 saturated heterocycles. The van der Waals surface area contributed by atoms with Gasteiger partial charge in [-0.15, -0.1) is 0 Å². The van der Waals surface area contributed by atoms with E-state index in [1.807, 2.05) is 24.3 Å². The summed E-state index contributed by atoms with van der Waals surface area (Å²) in [5.41, 5.74) is 7.52. The summed E-state index contributed by atoms with van der Waals surface area (Å²) in [7, 11) is 0. The van der Waals surface area contributed by atoms with Gasteiger partial charge in [-0.2, -0.15) is 0 Å². The highest BCUT2D eigenvalue weighted by Gasteiger charge is 2.06. The fourth-order valence-electron chi connectivity index (χ4n) is 1.52. The van der Waals surface area contributed by atoms with Gasteiger partial charge in [0.05, 0.1) is 6.54 Å². The average Bonchev–Trinajstić information content (AvgIpc) is 2.25. The summed E-state index contributed by atoms with van der Waals surface area (Å²) in [4.78, 5) is 0. The molecule has 4 heteroatoms. The molecule has 0 heterocycles. The predicted octanol–water partition coefficient (Wildman–Crippen LogP) is 2.62. The number of hydrogen-bond donors (Lipinski definition) is 2. The molecule has 0 aliphatic heterocycles. The first-order valence-electron chi connectivity index (χ1n) is 5.44. The van der Waals surface area contributed by atoms with Gasteiger partial charge < -0.3 is 11.1 Å². The Kier molecular flexibility index (Phi) is 5.19. The van der Waals surface area contributed by atoms with Gasteiger partial charge in [0.15, 0.2) is 0 Å². The highest BCUT2D eigenvalue weighted by atomic mass is 19.3. The lowest BCUT2D eigenvalue weighted by Gasteiger charge is -2.12. The van der Waals surface area contributed by atoms with Crippen LogP contribution in [0.3, 0.4) is 0 Å². The fraction of sp³-hybridized carbons (Fsp3) is 0.500. The van der Waals surface area contributed by atoms with Crippen LogP contribution in [0.5, 0.6) is 0 Å². The first-order chi connectivity index (χ1) is 7.59. The van der Waals surface area contributed by atoms with E-state index in [1.165, 1.54) is 5.56 Å². The van der Waals surface area contributed by atoms with Gasteiger partial charge in [-0.25, -0.2) is 8.78 Å². The van der Waals surface area contributed by atoms with Gasteiger partial charge in [-0.05, 0) is 36.6 Å². The van der Waals surface area contributed by atoms with Crippen LogP contribution in [-0.2, 0) is 0 Å². The van der Waals surface area contributed by atoms with E-state index in [4.69, 9.17) is 5.73 Å². The maximum Gasteiger partial charge on any atom is 0.250 e. The molecular weight excluding hydrogens is 210 g/mol. The molecule has 1 aromatic carbocycles. The molecule has 90 valence electrons. The first-order valence-corrected chi connectivity index (χ1v) is 5.44. The molecule has 1 aromatic rings. The van der Waals surface area contributed by atoms with Crippen LogP contribution in [0.4, 0.5) is 14.5 Å². The molecule has 0 aliphatic rings. The molecule has 0 saturated carbocycles. The van der Waals surface area contributed by atoms with Crippen molar-refractivity contribution in [2.45, 2.75) is 25.7 Å². The zero-order valence-corrected chi connectivity index (χ0v) is 9.42. The maximum atomic E-state index is 11.9. The highest BCUT2D eigenvalue weighted by molar-refractivity contribution is 5.40. The van der Waals surface area contributed by atoms with E-state index in [0.717, 1.165) is 12.1 Å². The van der Waals surface area contributed by atoms with E-state index in [2.05, 4.69) is 12.2 Å². The third-order valence-electron chi connectivity index (χ3n) is 2.56. The Hall–Kier alpha value is -1.16. The lowest BCUT2D eigenvalue weighted by Crippen LogP contribution is -2.23. The SMILES string of the molecule is CC(CCNCC(F)F)c1ccc(N)cc1. The van der Waals surface area contributed by atoms with E-state index in [-0.39, 0.29) is 6.54 Å². The molecule has 16 heavy (non-hydrogen) atoms. The van der Waals surface area contributed by atoms with Crippen LogP contribution in [-0.4, -0.2) is 19.5 Å². The van der Waals surface area contributed by atoms with Crippen molar-refractivity contribution in [3.63, 3.8) is 0 Å². The Balaban J connectivity index is 2.29. The Bertz CT molecular complexity index is 298. The molecular formula is C12H18F2N2. The normalized spacial score (nSPS) is 13.0. The van der Waals surface area contributed by atoms with Gasteiger partial charge in [-0.3, -0.25) is 0 Å². The summed E-state index contributed by atoms with van der Waals surface area (Å²) in [5, 5.41) is 2.72. The van der Waals surface area contributed by atoms with Crippen molar-refractivity contribution < 1.29 is 8.78 Å². The van der Waals surface area contributed by atoms with Crippen molar-refractivity contribution in [2.75, 3.05) is 18.8 Å². The second-order valence-electron chi connectivity index (χ2n) is 3.95. The van der Waals surface area contributed by atoms with E-state index in [0.29, 0.717) is 12.5 Å². The van der Waals surface area contributed by atoms with Crippen LogP contribution < -0.4 is 11.1 Å². The molecule has 1 unspecified atom stereocenters. The lowest BCUT2D eigenvalue weighted by molar-refractivity contribution is 0.146. The molecule has 0 aromatic heterocycles. The van der Waals surface area contributed by atoms with Crippen molar-refractivity contribution >= 4 is 5.69 Å². The molecule has 0 radical (unpaired) electrons. The van der Waals surface area contributed by atoms with Gasteiger partial charge in [-0.1, -0.05) is 19.1 Å². The lowest BCUT2D eigenvalue weighted by atomic mass is 9.98. The standard InChI is InChI=1S/C12H18F2N2/c1-9(6-7-16-8-12(13)14)10-2-4-11(15)5-3-10/h2-5,9,12,16H,6-8,15H2,1H3. The second kappa shape index (κ2) is 6.43. The molecule has 0 fully saturated rings. The van der Waals surface area contributed by atoms with E-state index in [9.17, 15) is 8.78 Å². The molecule has 3 N–H and O–H groups in total. The second-order valence-corrected chi connectivity index (χ2v) is 3.95. The smallest absolute Gasteiger partial charge is 0.250 e. The Labute approximate surface area is 94.8 Å². The van der Waals surface area contributed by atoms with Crippen molar-refractivity contribution in [2.24, 2.45) is 0 Å². The van der Waals surface area contributed by atoms with Gasteiger partial charge in [0.25, 0.3) is 6.43 Å². The minimum atomic E-state index is -2.27. The van der Waals surface area contributed by atoms with Gasteiger partial charge in [0, 0.05) is 5.69 Å². The topological polar surface area (TPSA) is 38.0 Å². The van der Waals surface area contributed by atoms with E-state index < -0.39 is 6.43 Å². The van der Waals surface area contributed by atoms with E-state index in [1.54, 1.807) is 0 Å². The van der Waals surface area contributed by atoms with Gasteiger partial charge in [0.2, 0.25) is 0 Å². The number of hydrogen-bond acceptors (Lipinski definition) is 2. The number of rotatable bonds is 6. The Morgan fingerprint density at radius 3 is 2.44 bits per heavy atom. The third-order valence-corrected chi connectivity index (χ3v) is 2.56. The summed E-state index contributed by atoms with van der Waals surface area (Å²) in [6, 6.07) is 7.68. The number of benzene rings is 1. The zero-order valence-electron chi connectivity index (χ0n) is 9.42. The van der Waals surface area contributed by atoms with Crippen LogP contribution in [0, 0.1) is 0 Å². The highest BCUT2D eigenvalue weighted by Crippen LogP contribution is 2.19. The molecule has 1 rings (SSSR count). The molecule has 0 aliphatic carbocycles.